The molecule has 1 N–H and O–H groups in total. The van der Waals surface area contributed by atoms with Crippen molar-refractivity contribution in [2.45, 2.75) is 59.2 Å². The fraction of sp³-hybridized carbons (Fsp3) is 0.467. The maximum atomic E-state index is 13.7. The van der Waals surface area contributed by atoms with E-state index < -0.39 is 0 Å². The molecule has 10 heteroatoms. The number of nitrogens with zero attached hydrogens (tertiary/aromatic N) is 6. The summed E-state index contributed by atoms with van der Waals surface area (Å²) >= 11 is 0. The van der Waals surface area contributed by atoms with Crippen molar-refractivity contribution in [1.29, 1.82) is 0 Å². The number of fused-ring (bicyclic) bond motifs is 2. The fourth-order valence-electron chi connectivity index (χ4n) is 5.67. The summed E-state index contributed by atoms with van der Waals surface area (Å²) in [6, 6.07) is 12.0. The van der Waals surface area contributed by atoms with Crippen LogP contribution in [0.5, 0.6) is 11.5 Å². The number of aryl methyl sites for hydroxylation is 2. The molecule has 0 bridgehead atoms. The molecular formula is C30H37N7O3. The van der Waals surface area contributed by atoms with E-state index in [2.05, 4.69) is 89.2 Å². The third-order valence-electron chi connectivity index (χ3n) is 8.67. The summed E-state index contributed by atoms with van der Waals surface area (Å²) in [4.78, 5) is 21.7. The summed E-state index contributed by atoms with van der Waals surface area (Å²) in [5.74, 6) is 2.31. The molecule has 1 atom stereocenters. The van der Waals surface area contributed by atoms with Crippen LogP contribution in [-0.4, -0.2) is 68.0 Å². The van der Waals surface area contributed by atoms with Crippen LogP contribution in [0, 0.1) is 13.8 Å². The van der Waals surface area contributed by atoms with E-state index in [1.165, 1.54) is 5.56 Å². The Bertz CT molecular complexity index is 1600. The van der Waals surface area contributed by atoms with Gasteiger partial charge in [-0.05, 0) is 84.8 Å². The molecule has 4 aromatic rings. The molecule has 0 radical (unpaired) electrons. The Morgan fingerprint density at radius 3 is 2.58 bits per heavy atom. The van der Waals surface area contributed by atoms with Gasteiger partial charge in [-0.1, -0.05) is 25.1 Å². The third-order valence-corrected chi connectivity index (χ3v) is 8.67. The van der Waals surface area contributed by atoms with Crippen LogP contribution in [0.3, 0.4) is 0 Å². The number of pyridine rings is 1. The molecule has 2 aliphatic heterocycles. The van der Waals surface area contributed by atoms with Crippen molar-refractivity contribution in [3.8, 4) is 11.5 Å². The molecule has 40 heavy (non-hydrogen) atoms. The van der Waals surface area contributed by atoms with Gasteiger partial charge in [0.05, 0.1) is 11.1 Å². The maximum Gasteiger partial charge on any atom is 0.253 e. The number of aromatic amines is 1. The molecule has 6 rings (SSSR count). The van der Waals surface area contributed by atoms with Gasteiger partial charge in [-0.3, -0.25) is 14.6 Å². The van der Waals surface area contributed by atoms with Crippen LogP contribution in [0.25, 0.3) is 10.9 Å². The lowest BCUT2D eigenvalue weighted by molar-refractivity contribution is 0.0968. The number of tetrazole rings is 1. The summed E-state index contributed by atoms with van der Waals surface area (Å²) in [6.07, 6.45) is 0.855. The second-order valence-corrected chi connectivity index (χ2v) is 11.5. The summed E-state index contributed by atoms with van der Waals surface area (Å²) in [7, 11) is 0. The number of nitrogens with one attached hydrogen (secondary N) is 1. The number of piperazine rings is 1. The highest BCUT2D eigenvalue weighted by Gasteiger charge is 2.35. The molecule has 2 aliphatic rings. The van der Waals surface area contributed by atoms with Gasteiger partial charge in [-0.15, -0.1) is 5.10 Å². The Kier molecular flexibility index (Phi) is 6.83. The molecule has 1 fully saturated rings. The zero-order chi connectivity index (χ0) is 28.0. The second-order valence-electron chi connectivity index (χ2n) is 11.5. The summed E-state index contributed by atoms with van der Waals surface area (Å²) in [5.41, 5.74) is 4.59. The zero-order valence-corrected chi connectivity index (χ0v) is 23.9. The first-order valence-corrected chi connectivity index (χ1v) is 14.0. The normalized spacial score (nSPS) is 17.0. The topological polar surface area (TPSA) is 101 Å². The molecule has 0 amide bonds. The molecule has 210 valence electrons. The van der Waals surface area contributed by atoms with Crippen LogP contribution in [0.1, 0.15) is 61.3 Å². The number of rotatable bonds is 7. The van der Waals surface area contributed by atoms with Gasteiger partial charge in [0.1, 0.15) is 6.04 Å². The van der Waals surface area contributed by atoms with Crippen molar-refractivity contribution in [1.82, 2.24) is 35.0 Å². The molecule has 1 saturated heterocycles. The van der Waals surface area contributed by atoms with Crippen LogP contribution < -0.4 is 15.0 Å². The molecule has 0 spiro atoms. The minimum absolute atomic E-state index is 0.0992. The summed E-state index contributed by atoms with van der Waals surface area (Å²) in [5, 5.41) is 14.0. The van der Waals surface area contributed by atoms with Crippen LogP contribution in [0.4, 0.5) is 0 Å². The molecular weight excluding hydrogens is 506 g/mol. The molecule has 0 saturated carbocycles. The van der Waals surface area contributed by atoms with Crippen molar-refractivity contribution in [2.75, 3.05) is 33.0 Å². The highest BCUT2D eigenvalue weighted by molar-refractivity contribution is 5.83. The molecule has 1 unspecified atom stereocenters. The van der Waals surface area contributed by atoms with Gasteiger partial charge < -0.3 is 14.5 Å². The Morgan fingerprint density at radius 2 is 1.80 bits per heavy atom. The van der Waals surface area contributed by atoms with E-state index in [0.29, 0.717) is 11.4 Å². The smallest absolute Gasteiger partial charge is 0.253 e. The standard InChI is InChI=1S/C30H37N7O3/c1-6-30(4,5)37-28(32-33-34-37)27(23-16-22-9-7-19(2)20(3)26(22)31-29(23)38)36-13-11-35(12-14-36)17-21-8-10-24-25(15-21)40-18-39-24/h7-10,15-16,27H,6,11-14,17-18H2,1-5H3,(H,31,38). The molecule has 10 nitrogen and oxygen atoms in total. The van der Waals surface area contributed by atoms with Crippen molar-refractivity contribution in [2.24, 2.45) is 0 Å². The van der Waals surface area contributed by atoms with E-state index in [4.69, 9.17) is 9.47 Å². The number of H-pyrrole nitrogens is 1. The fourth-order valence-corrected chi connectivity index (χ4v) is 5.67. The number of aromatic nitrogens is 5. The lowest BCUT2D eigenvalue weighted by Gasteiger charge is -2.39. The average Bonchev–Trinajstić information content (AvgIpc) is 3.63. The minimum atomic E-state index is -0.372. The zero-order valence-electron chi connectivity index (χ0n) is 23.9. The van der Waals surface area contributed by atoms with E-state index in [-0.39, 0.29) is 23.9 Å². The van der Waals surface area contributed by atoms with Crippen LogP contribution in [0.2, 0.25) is 0 Å². The van der Waals surface area contributed by atoms with E-state index in [0.717, 1.165) is 72.7 Å². The Hall–Kier alpha value is -3.76. The van der Waals surface area contributed by atoms with Gasteiger partial charge in [0.2, 0.25) is 6.79 Å². The summed E-state index contributed by atoms with van der Waals surface area (Å²) < 4.78 is 12.9. The lowest BCUT2D eigenvalue weighted by atomic mass is 9.97. The number of hydrogen-bond donors (Lipinski definition) is 1. The van der Waals surface area contributed by atoms with E-state index in [1.54, 1.807) is 0 Å². The minimum Gasteiger partial charge on any atom is -0.454 e. The predicted molar refractivity (Wildman–Crippen MR) is 153 cm³/mol. The van der Waals surface area contributed by atoms with Gasteiger partial charge in [-0.2, -0.15) is 0 Å². The number of hydrogen-bond acceptors (Lipinski definition) is 8. The first-order chi connectivity index (χ1) is 19.2. The number of benzene rings is 2. The van der Waals surface area contributed by atoms with Crippen LogP contribution >= 0.6 is 0 Å². The van der Waals surface area contributed by atoms with Crippen LogP contribution in [-0.2, 0) is 12.1 Å². The predicted octanol–water partition coefficient (Wildman–Crippen LogP) is 3.91. The third kappa shape index (κ3) is 4.75. The maximum absolute atomic E-state index is 13.7. The Balaban J connectivity index is 1.33. The Morgan fingerprint density at radius 1 is 1.02 bits per heavy atom. The number of ether oxygens (including phenoxy) is 2. The molecule has 2 aromatic carbocycles. The largest absolute Gasteiger partial charge is 0.454 e. The van der Waals surface area contributed by atoms with Gasteiger partial charge in [-0.25, -0.2) is 4.68 Å². The first-order valence-electron chi connectivity index (χ1n) is 14.0. The van der Waals surface area contributed by atoms with Gasteiger partial charge >= 0.3 is 0 Å². The van der Waals surface area contributed by atoms with Gasteiger partial charge in [0, 0.05) is 38.3 Å². The van der Waals surface area contributed by atoms with Crippen molar-refractivity contribution in [3.63, 3.8) is 0 Å². The van der Waals surface area contributed by atoms with Crippen LogP contribution in [0.15, 0.2) is 41.2 Å². The molecule has 4 heterocycles. The first kappa shape index (κ1) is 26.5. The highest BCUT2D eigenvalue weighted by atomic mass is 16.7. The van der Waals surface area contributed by atoms with Crippen molar-refractivity contribution in [3.05, 3.63) is 74.8 Å². The van der Waals surface area contributed by atoms with Gasteiger partial charge in [0.15, 0.2) is 17.3 Å². The average molecular weight is 544 g/mol. The quantitative estimate of drug-likeness (QED) is 0.374. The molecule has 0 aliphatic carbocycles. The SMILES string of the molecule is CCC(C)(C)n1nnnc1C(c1cc2ccc(C)c(C)c2[nH]c1=O)N1CCN(Cc2ccc3c(c2)OCO3)CC1. The molecule has 2 aromatic heterocycles. The second kappa shape index (κ2) is 10.3. The highest BCUT2D eigenvalue weighted by Crippen LogP contribution is 2.34. The monoisotopic (exact) mass is 543 g/mol. The van der Waals surface area contributed by atoms with E-state index in [1.807, 2.05) is 16.8 Å². The Labute approximate surface area is 233 Å². The van der Waals surface area contributed by atoms with Crippen molar-refractivity contribution < 1.29 is 9.47 Å². The summed E-state index contributed by atoms with van der Waals surface area (Å²) in [6.45, 7) is 14.9. The van der Waals surface area contributed by atoms with E-state index in [9.17, 15) is 4.79 Å². The van der Waals surface area contributed by atoms with Crippen molar-refractivity contribution >= 4 is 10.9 Å². The van der Waals surface area contributed by atoms with Gasteiger partial charge in [0.25, 0.3) is 5.56 Å². The van der Waals surface area contributed by atoms with E-state index >= 15 is 0 Å². The lowest BCUT2D eigenvalue weighted by Crippen LogP contribution is -2.49.